The number of hydrogen-bond donors (Lipinski definition) is 4. The van der Waals surface area contributed by atoms with Crippen molar-refractivity contribution >= 4 is 24.6 Å². The lowest BCUT2D eigenvalue weighted by Crippen LogP contribution is -2.40. The average molecular weight is 458 g/mol. The topological polar surface area (TPSA) is 64.6 Å². The number of piperidine rings is 1. The number of nitrogens with one attached hydrogen (secondary N) is 2. The Morgan fingerprint density at radius 3 is 2.28 bits per heavy atom. The van der Waals surface area contributed by atoms with E-state index in [9.17, 15) is 0 Å². The first kappa shape index (κ1) is 27.9. The lowest BCUT2D eigenvalue weighted by atomic mass is 9.81. The second kappa shape index (κ2) is 16.5. The molecule has 0 saturated carbocycles. The van der Waals surface area contributed by atoms with E-state index < -0.39 is 0 Å². The molecule has 2 aliphatic heterocycles. The number of aldehydes is 1. The fraction of sp³-hybridized carbons (Fsp3) is 0.423. The van der Waals surface area contributed by atoms with Crippen LogP contribution in [-0.2, 0) is 11.2 Å². The third kappa shape index (κ3) is 9.17. The molecular formula is C26H39N3O2S. The molecule has 1 fully saturated rings. The van der Waals surface area contributed by atoms with Gasteiger partial charge < -0.3 is 15.7 Å². The van der Waals surface area contributed by atoms with Gasteiger partial charge in [-0.25, -0.2) is 0 Å². The molecule has 1 atom stereocenters. The third-order valence-electron chi connectivity index (χ3n) is 5.66. The molecule has 0 bridgehead atoms. The summed E-state index contributed by atoms with van der Waals surface area (Å²) in [5.74, 6) is 0.836. The van der Waals surface area contributed by atoms with Gasteiger partial charge in [0.1, 0.15) is 6.29 Å². The van der Waals surface area contributed by atoms with Crippen molar-refractivity contribution in [1.29, 1.82) is 0 Å². The highest BCUT2D eigenvalue weighted by Crippen LogP contribution is 2.37. The van der Waals surface area contributed by atoms with E-state index in [4.69, 9.17) is 9.90 Å². The van der Waals surface area contributed by atoms with Crippen LogP contribution in [0, 0.1) is 5.92 Å². The number of aliphatic hydroxyl groups excluding tert-OH is 1. The van der Waals surface area contributed by atoms with Crippen LogP contribution in [0.4, 0.5) is 5.69 Å². The Hall–Kier alpha value is -2.12. The molecule has 0 aromatic heterocycles. The van der Waals surface area contributed by atoms with E-state index >= 15 is 0 Å². The summed E-state index contributed by atoms with van der Waals surface area (Å²) in [6.07, 6.45) is 5.70. The van der Waals surface area contributed by atoms with Gasteiger partial charge in [-0.3, -0.25) is 9.69 Å². The zero-order valence-electron chi connectivity index (χ0n) is 19.6. The number of carbonyl (C=O) groups is 1. The number of anilines is 1. The van der Waals surface area contributed by atoms with Gasteiger partial charge in [0.25, 0.3) is 0 Å². The summed E-state index contributed by atoms with van der Waals surface area (Å²) in [5.41, 5.74) is 4.29. The van der Waals surface area contributed by atoms with Crippen molar-refractivity contribution in [3.8, 4) is 0 Å². The Morgan fingerprint density at radius 1 is 1.12 bits per heavy atom. The van der Waals surface area contributed by atoms with Gasteiger partial charge in [-0.2, -0.15) is 0 Å². The van der Waals surface area contributed by atoms with Crippen LogP contribution in [0.2, 0.25) is 0 Å². The number of nitrogens with zero attached hydrogens (tertiary/aromatic N) is 1. The molecule has 2 aromatic rings. The summed E-state index contributed by atoms with van der Waals surface area (Å²) in [6, 6.07) is 17.6. The molecule has 2 aliphatic rings. The second-order valence-corrected chi connectivity index (χ2v) is 8.15. The highest BCUT2D eigenvalue weighted by Gasteiger charge is 2.31. The van der Waals surface area contributed by atoms with Crippen LogP contribution >= 0.6 is 12.6 Å². The van der Waals surface area contributed by atoms with Crippen molar-refractivity contribution in [2.75, 3.05) is 46.2 Å². The van der Waals surface area contributed by atoms with Crippen molar-refractivity contribution in [2.24, 2.45) is 5.92 Å². The quantitative estimate of drug-likeness (QED) is 0.316. The Kier molecular flexibility index (Phi) is 14.4. The van der Waals surface area contributed by atoms with Gasteiger partial charge in [0, 0.05) is 37.3 Å². The number of benzene rings is 2. The van der Waals surface area contributed by atoms with Crippen LogP contribution in [0.3, 0.4) is 0 Å². The van der Waals surface area contributed by atoms with E-state index in [1.165, 1.54) is 45.0 Å². The zero-order chi connectivity index (χ0) is 23.8. The molecule has 1 unspecified atom stereocenters. The van der Waals surface area contributed by atoms with Gasteiger partial charge in [0.05, 0.1) is 0 Å². The van der Waals surface area contributed by atoms with Crippen molar-refractivity contribution in [2.45, 2.75) is 30.2 Å². The van der Waals surface area contributed by atoms with Gasteiger partial charge in [-0.1, -0.05) is 30.8 Å². The van der Waals surface area contributed by atoms with E-state index in [-0.39, 0.29) is 0 Å². The second-order valence-electron chi connectivity index (χ2n) is 7.63. The first-order valence-electron chi connectivity index (χ1n) is 11.1. The number of likely N-dealkylation sites (N-methyl/N-ethyl adjacent to an activating group) is 1. The van der Waals surface area contributed by atoms with Crippen molar-refractivity contribution < 1.29 is 9.90 Å². The van der Waals surface area contributed by atoms with Crippen LogP contribution in [0.1, 0.15) is 30.0 Å². The smallest absolute Gasteiger partial charge is 0.142 e. The molecule has 0 spiro atoms. The lowest BCUT2D eigenvalue weighted by Gasteiger charge is -2.41. The van der Waals surface area contributed by atoms with Crippen LogP contribution in [0.25, 0.3) is 0 Å². The summed E-state index contributed by atoms with van der Waals surface area (Å²) in [4.78, 5) is 12.6. The predicted molar refractivity (Wildman–Crippen MR) is 139 cm³/mol. The van der Waals surface area contributed by atoms with Crippen molar-refractivity contribution in [3.63, 3.8) is 0 Å². The Labute approximate surface area is 199 Å². The van der Waals surface area contributed by atoms with Gasteiger partial charge in [-0.05, 0) is 86.8 Å². The molecule has 1 saturated heterocycles. The number of thiol groups is 1. The number of rotatable bonds is 3. The molecule has 0 aliphatic carbocycles. The number of aliphatic hydroxyl groups is 1. The van der Waals surface area contributed by atoms with E-state index in [0.717, 1.165) is 23.6 Å². The average Bonchev–Trinajstić information content (AvgIpc) is 2.87. The summed E-state index contributed by atoms with van der Waals surface area (Å²) in [5, 5.41) is 13.5. The van der Waals surface area contributed by atoms with E-state index in [1.807, 2.05) is 31.3 Å². The molecule has 2 aromatic carbocycles. The minimum absolute atomic E-state index is 0.639. The summed E-state index contributed by atoms with van der Waals surface area (Å²) in [7, 11) is 5.19. The van der Waals surface area contributed by atoms with Crippen LogP contribution in [0.5, 0.6) is 0 Å². The van der Waals surface area contributed by atoms with Gasteiger partial charge in [0.2, 0.25) is 0 Å². The SMILES string of the molecule is C=CC=O.CN1CCc2ccccc2C1C1CCNCC1.CNc1ccc(S)cc1.CO. The van der Waals surface area contributed by atoms with Crippen LogP contribution in [0.15, 0.2) is 66.1 Å². The molecule has 6 heteroatoms. The maximum absolute atomic E-state index is 9.06. The molecule has 4 rings (SSSR count). The standard InChI is InChI=1S/C15H22N2.C7H9NS.C3H4O.CH4O/c1-17-11-8-12-4-2-3-5-14(12)15(17)13-6-9-16-10-7-13;1-8-6-2-4-7(9)5-3-6;1-2-3-4;1-2/h2-5,13,15-16H,6-11H2,1H3;2-5,8-9H,1H3;2-3H,1H2;2H,1H3. The largest absolute Gasteiger partial charge is 0.400 e. The Balaban J connectivity index is 0.000000288. The van der Waals surface area contributed by atoms with E-state index in [0.29, 0.717) is 12.3 Å². The lowest BCUT2D eigenvalue weighted by molar-refractivity contribution is -0.104. The van der Waals surface area contributed by atoms with Crippen LogP contribution in [-0.4, -0.2) is 57.1 Å². The van der Waals surface area contributed by atoms with Crippen LogP contribution < -0.4 is 10.6 Å². The third-order valence-corrected chi connectivity index (χ3v) is 5.96. The molecule has 176 valence electrons. The number of allylic oxidation sites excluding steroid dienone is 1. The van der Waals surface area contributed by atoms with E-state index in [2.05, 4.69) is 66.1 Å². The molecule has 3 N–H and O–H groups in total. The monoisotopic (exact) mass is 457 g/mol. The van der Waals surface area contributed by atoms with E-state index in [1.54, 1.807) is 11.1 Å². The van der Waals surface area contributed by atoms with Crippen molar-refractivity contribution in [1.82, 2.24) is 10.2 Å². The molecule has 0 amide bonds. The van der Waals surface area contributed by atoms with Crippen molar-refractivity contribution in [3.05, 3.63) is 72.3 Å². The minimum Gasteiger partial charge on any atom is -0.400 e. The van der Waals surface area contributed by atoms with Gasteiger partial charge >= 0.3 is 0 Å². The zero-order valence-corrected chi connectivity index (χ0v) is 20.5. The maximum Gasteiger partial charge on any atom is 0.142 e. The molecule has 2 heterocycles. The Morgan fingerprint density at radius 2 is 1.72 bits per heavy atom. The molecular weight excluding hydrogens is 418 g/mol. The fourth-order valence-corrected chi connectivity index (χ4v) is 4.27. The minimum atomic E-state index is 0.639. The predicted octanol–water partition coefficient (Wildman–Crippen LogP) is 4.21. The maximum atomic E-state index is 9.06. The molecule has 5 nitrogen and oxygen atoms in total. The normalized spacial score (nSPS) is 17.6. The molecule has 0 radical (unpaired) electrons. The Bertz CT molecular complexity index is 771. The number of carbonyl (C=O) groups excluding carboxylic acids is 1. The summed E-state index contributed by atoms with van der Waals surface area (Å²) < 4.78 is 0. The summed E-state index contributed by atoms with van der Waals surface area (Å²) >= 11 is 4.14. The molecule has 32 heavy (non-hydrogen) atoms. The van der Waals surface area contributed by atoms with Gasteiger partial charge in [0.15, 0.2) is 0 Å². The summed E-state index contributed by atoms with van der Waals surface area (Å²) in [6.45, 7) is 6.71. The highest BCUT2D eigenvalue weighted by atomic mass is 32.1. The highest BCUT2D eigenvalue weighted by molar-refractivity contribution is 7.80. The van der Waals surface area contributed by atoms with Gasteiger partial charge in [-0.15, -0.1) is 12.6 Å². The first-order valence-corrected chi connectivity index (χ1v) is 11.5. The first-order chi connectivity index (χ1) is 15.6. The number of fused-ring (bicyclic) bond motifs is 1. The fourth-order valence-electron chi connectivity index (χ4n) is 4.13. The number of hydrogen-bond acceptors (Lipinski definition) is 6.